The van der Waals surface area contributed by atoms with E-state index in [9.17, 15) is 13.2 Å². The van der Waals surface area contributed by atoms with Gasteiger partial charge in [0, 0.05) is 24.4 Å². The Balaban J connectivity index is 1.83. The van der Waals surface area contributed by atoms with Crippen LogP contribution in [0.15, 0.2) is 29.2 Å². The summed E-state index contributed by atoms with van der Waals surface area (Å²) in [5.74, 6) is -0.161. The van der Waals surface area contributed by atoms with E-state index in [4.69, 9.17) is 0 Å². The Kier molecular flexibility index (Phi) is 5.36. The lowest BCUT2D eigenvalue weighted by molar-refractivity contribution is 0.0951. The van der Waals surface area contributed by atoms with E-state index in [0.29, 0.717) is 18.2 Å². The topological polar surface area (TPSA) is 75.3 Å². The Labute approximate surface area is 126 Å². The van der Waals surface area contributed by atoms with E-state index >= 15 is 0 Å². The number of hydrogen-bond donors (Lipinski definition) is 2. The molecule has 0 radical (unpaired) electrons. The third-order valence-electron chi connectivity index (χ3n) is 3.74. The number of rotatable bonds is 5. The van der Waals surface area contributed by atoms with Crippen LogP contribution in [0.2, 0.25) is 0 Å². The molecule has 0 saturated carbocycles. The van der Waals surface area contributed by atoms with Gasteiger partial charge in [0.1, 0.15) is 0 Å². The third kappa shape index (κ3) is 4.82. The monoisotopic (exact) mass is 310 g/mol. The molecule has 0 aromatic heterocycles. The molecule has 0 bridgehead atoms. The fourth-order valence-electron chi connectivity index (χ4n) is 2.49. The lowest BCUT2D eigenvalue weighted by Gasteiger charge is -2.23. The van der Waals surface area contributed by atoms with Crippen LogP contribution in [0.25, 0.3) is 0 Å². The summed E-state index contributed by atoms with van der Waals surface area (Å²) in [6.07, 6.45) is 5.72. The summed E-state index contributed by atoms with van der Waals surface area (Å²) < 4.78 is 22.7. The molecule has 1 aromatic rings. The fraction of sp³-hybridized carbons (Fsp3) is 0.533. The molecule has 1 aliphatic rings. The standard InChI is InChI=1S/C15H22N2O3S/c1-21(19,20)14-7-5-12(6-8-14)15(18)17-11-9-13-4-2-3-10-16-13/h5-8,13,16H,2-4,9-11H2,1H3,(H,17,18). The predicted molar refractivity (Wildman–Crippen MR) is 82.1 cm³/mol. The van der Waals surface area contributed by atoms with Crippen LogP contribution < -0.4 is 10.6 Å². The molecule has 1 unspecified atom stereocenters. The van der Waals surface area contributed by atoms with Gasteiger partial charge < -0.3 is 10.6 Å². The molecule has 6 heteroatoms. The zero-order valence-corrected chi connectivity index (χ0v) is 13.1. The number of carbonyl (C=O) groups excluding carboxylic acids is 1. The van der Waals surface area contributed by atoms with Gasteiger partial charge in [-0.1, -0.05) is 6.42 Å². The van der Waals surface area contributed by atoms with Crippen molar-refractivity contribution in [3.05, 3.63) is 29.8 Å². The highest BCUT2D eigenvalue weighted by Crippen LogP contribution is 2.11. The summed E-state index contributed by atoms with van der Waals surface area (Å²) in [5.41, 5.74) is 0.485. The highest BCUT2D eigenvalue weighted by atomic mass is 32.2. The van der Waals surface area contributed by atoms with Gasteiger partial charge in [-0.3, -0.25) is 4.79 Å². The van der Waals surface area contributed by atoms with Crippen LogP contribution >= 0.6 is 0 Å². The van der Waals surface area contributed by atoms with Crippen molar-refractivity contribution < 1.29 is 13.2 Å². The number of piperidine rings is 1. The molecule has 1 heterocycles. The number of amides is 1. The molecule has 1 fully saturated rings. The minimum atomic E-state index is -3.22. The van der Waals surface area contributed by atoms with Crippen molar-refractivity contribution >= 4 is 15.7 Å². The maximum atomic E-state index is 12.0. The average Bonchev–Trinajstić information content (AvgIpc) is 2.47. The number of sulfone groups is 1. The van der Waals surface area contributed by atoms with Gasteiger partial charge in [-0.2, -0.15) is 0 Å². The molecule has 1 aliphatic heterocycles. The number of benzene rings is 1. The van der Waals surface area contributed by atoms with E-state index in [2.05, 4.69) is 10.6 Å². The Morgan fingerprint density at radius 1 is 1.29 bits per heavy atom. The minimum Gasteiger partial charge on any atom is -0.352 e. The molecular weight excluding hydrogens is 288 g/mol. The molecule has 1 atom stereocenters. The van der Waals surface area contributed by atoms with Crippen LogP contribution in [-0.4, -0.2) is 39.7 Å². The van der Waals surface area contributed by atoms with E-state index < -0.39 is 9.84 Å². The number of nitrogens with one attached hydrogen (secondary N) is 2. The lowest BCUT2D eigenvalue weighted by Crippen LogP contribution is -2.37. The minimum absolute atomic E-state index is 0.161. The summed E-state index contributed by atoms with van der Waals surface area (Å²) in [6.45, 7) is 1.69. The van der Waals surface area contributed by atoms with Gasteiger partial charge in [-0.25, -0.2) is 8.42 Å². The van der Waals surface area contributed by atoms with Gasteiger partial charge in [0.25, 0.3) is 5.91 Å². The second-order valence-electron chi connectivity index (χ2n) is 5.49. The summed E-state index contributed by atoms with van der Waals surface area (Å²) in [6, 6.07) is 6.52. The summed E-state index contributed by atoms with van der Waals surface area (Å²) in [5, 5.41) is 6.31. The Morgan fingerprint density at radius 3 is 2.57 bits per heavy atom. The van der Waals surface area contributed by atoms with Crippen LogP contribution in [0.4, 0.5) is 0 Å². The smallest absolute Gasteiger partial charge is 0.251 e. The van der Waals surface area contributed by atoms with Gasteiger partial charge in [-0.05, 0) is 50.1 Å². The number of carbonyl (C=O) groups is 1. The van der Waals surface area contributed by atoms with Crippen molar-refractivity contribution in [3.8, 4) is 0 Å². The molecular formula is C15H22N2O3S. The Hall–Kier alpha value is -1.40. The van der Waals surface area contributed by atoms with Crippen LogP contribution in [0.1, 0.15) is 36.0 Å². The Bertz CT molecular complexity index is 575. The van der Waals surface area contributed by atoms with Gasteiger partial charge in [0.2, 0.25) is 0 Å². The van der Waals surface area contributed by atoms with Crippen LogP contribution in [0.5, 0.6) is 0 Å². The van der Waals surface area contributed by atoms with E-state index in [1.165, 1.54) is 31.4 Å². The average molecular weight is 310 g/mol. The molecule has 2 rings (SSSR count). The first-order valence-electron chi connectivity index (χ1n) is 7.28. The molecule has 0 aliphatic carbocycles. The molecule has 1 aromatic carbocycles. The van der Waals surface area contributed by atoms with Gasteiger partial charge >= 0.3 is 0 Å². The van der Waals surface area contributed by atoms with E-state index in [1.54, 1.807) is 12.1 Å². The SMILES string of the molecule is CS(=O)(=O)c1ccc(C(=O)NCCC2CCCCN2)cc1. The first-order chi connectivity index (χ1) is 9.97. The highest BCUT2D eigenvalue weighted by molar-refractivity contribution is 7.90. The van der Waals surface area contributed by atoms with Crippen LogP contribution in [-0.2, 0) is 9.84 Å². The van der Waals surface area contributed by atoms with Crippen molar-refractivity contribution in [2.75, 3.05) is 19.3 Å². The van der Waals surface area contributed by atoms with Gasteiger partial charge in [-0.15, -0.1) is 0 Å². The largest absolute Gasteiger partial charge is 0.352 e. The maximum Gasteiger partial charge on any atom is 0.251 e. The first-order valence-corrected chi connectivity index (χ1v) is 9.17. The maximum absolute atomic E-state index is 12.0. The van der Waals surface area contributed by atoms with E-state index in [0.717, 1.165) is 19.2 Å². The Morgan fingerprint density at radius 2 is 2.00 bits per heavy atom. The summed E-state index contributed by atoms with van der Waals surface area (Å²) in [7, 11) is -3.22. The predicted octanol–water partition coefficient (Wildman–Crippen LogP) is 1.35. The normalized spacial score (nSPS) is 19.2. The first kappa shape index (κ1) is 16.0. The van der Waals surface area contributed by atoms with Crippen molar-refractivity contribution in [2.24, 2.45) is 0 Å². The third-order valence-corrected chi connectivity index (χ3v) is 4.86. The van der Waals surface area contributed by atoms with Gasteiger partial charge in [0.15, 0.2) is 9.84 Å². The van der Waals surface area contributed by atoms with E-state index in [1.807, 2.05) is 0 Å². The van der Waals surface area contributed by atoms with Crippen molar-refractivity contribution in [1.82, 2.24) is 10.6 Å². The van der Waals surface area contributed by atoms with E-state index in [-0.39, 0.29) is 10.8 Å². The zero-order chi connectivity index (χ0) is 15.3. The molecule has 21 heavy (non-hydrogen) atoms. The molecule has 1 saturated heterocycles. The second kappa shape index (κ2) is 7.04. The van der Waals surface area contributed by atoms with Crippen LogP contribution in [0.3, 0.4) is 0 Å². The summed E-state index contributed by atoms with van der Waals surface area (Å²) in [4.78, 5) is 12.2. The molecule has 0 spiro atoms. The molecule has 116 valence electrons. The fourth-order valence-corrected chi connectivity index (χ4v) is 3.12. The highest BCUT2D eigenvalue weighted by Gasteiger charge is 2.13. The van der Waals surface area contributed by atoms with Crippen molar-refractivity contribution in [1.29, 1.82) is 0 Å². The lowest BCUT2D eigenvalue weighted by atomic mass is 10.0. The quantitative estimate of drug-likeness (QED) is 0.861. The zero-order valence-electron chi connectivity index (χ0n) is 12.3. The molecule has 2 N–H and O–H groups in total. The molecule has 1 amide bonds. The molecule has 5 nitrogen and oxygen atoms in total. The van der Waals surface area contributed by atoms with Crippen molar-refractivity contribution in [3.63, 3.8) is 0 Å². The summed E-state index contributed by atoms with van der Waals surface area (Å²) >= 11 is 0. The number of hydrogen-bond acceptors (Lipinski definition) is 4. The van der Waals surface area contributed by atoms with Crippen LogP contribution in [0, 0.1) is 0 Å². The van der Waals surface area contributed by atoms with Crippen molar-refractivity contribution in [2.45, 2.75) is 36.6 Å². The van der Waals surface area contributed by atoms with Gasteiger partial charge in [0.05, 0.1) is 4.90 Å². The second-order valence-corrected chi connectivity index (χ2v) is 7.50.